The van der Waals surface area contributed by atoms with E-state index < -0.39 is 0 Å². The van der Waals surface area contributed by atoms with Gasteiger partial charge in [-0.3, -0.25) is 5.10 Å². The van der Waals surface area contributed by atoms with Crippen molar-refractivity contribution in [2.75, 3.05) is 6.61 Å². The fourth-order valence-corrected chi connectivity index (χ4v) is 3.08. The van der Waals surface area contributed by atoms with E-state index >= 15 is 0 Å². The van der Waals surface area contributed by atoms with Gasteiger partial charge in [0.05, 0.1) is 12.8 Å². The second kappa shape index (κ2) is 6.62. The Morgan fingerprint density at radius 1 is 1.48 bits per heavy atom. The smallest absolute Gasteiger partial charge is 0.124 e. The van der Waals surface area contributed by atoms with Gasteiger partial charge in [0.2, 0.25) is 0 Å². The highest BCUT2D eigenvalue weighted by atomic mass is 16.5. The van der Waals surface area contributed by atoms with Crippen LogP contribution in [-0.4, -0.2) is 22.9 Å². The van der Waals surface area contributed by atoms with E-state index in [9.17, 15) is 0 Å². The quantitative estimate of drug-likeness (QED) is 0.859. The molecule has 0 aliphatic carbocycles. The van der Waals surface area contributed by atoms with Gasteiger partial charge in [0, 0.05) is 41.4 Å². The first-order valence-electron chi connectivity index (χ1n) is 8.27. The predicted octanol–water partition coefficient (Wildman–Crippen LogP) is 3.29. The number of aryl methyl sites for hydroxylation is 1. The van der Waals surface area contributed by atoms with Crippen LogP contribution in [0.15, 0.2) is 18.3 Å². The molecule has 5 heteroatoms. The molecule has 0 bridgehead atoms. The van der Waals surface area contributed by atoms with Crippen molar-refractivity contribution in [3.05, 3.63) is 40.7 Å². The average molecular weight is 315 g/mol. The molecule has 0 spiro atoms. The first kappa shape index (κ1) is 15.9. The molecule has 1 aliphatic heterocycles. The number of hydrogen-bond donors (Lipinski definition) is 2. The van der Waals surface area contributed by atoms with Crippen molar-refractivity contribution < 1.29 is 9.47 Å². The zero-order valence-electron chi connectivity index (χ0n) is 14.3. The van der Waals surface area contributed by atoms with Crippen molar-refractivity contribution in [2.24, 2.45) is 0 Å². The third-order valence-electron chi connectivity index (χ3n) is 4.31. The summed E-state index contributed by atoms with van der Waals surface area (Å²) < 4.78 is 11.7. The van der Waals surface area contributed by atoms with Gasteiger partial charge in [0.25, 0.3) is 0 Å². The Morgan fingerprint density at radius 3 is 3.00 bits per heavy atom. The number of benzene rings is 1. The molecule has 2 N–H and O–H groups in total. The van der Waals surface area contributed by atoms with Crippen LogP contribution >= 0.6 is 0 Å². The fourth-order valence-electron chi connectivity index (χ4n) is 3.08. The molecule has 3 rings (SSSR count). The number of ether oxygens (including phenoxy) is 2. The number of hydrogen-bond acceptors (Lipinski definition) is 4. The number of nitrogens with zero attached hydrogens (tertiary/aromatic N) is 1. The zero-order chi connectivity index (χ0) is 16.4. The van der Waals surface area contributed by atoms with Gasteiger partial charge in [-0.15, -0.1) is 0 Å². The van der Waals surface area contributed by atoms with Gasteiger partial charge in [0.1, 0.15) is 17.6 Å². The van der Waals surface area contributed by atoms with Crippen LogP contribution in [0.4, 0.5) is 0 Å². The number of nitrogens with one attached hydrogen (secondary N) is 2. The molecule has 2 atom stereocenters. The van der Waals surface area contributed by atoms with Crippen LogP contribution in [0.3, 0.4) is 0 Å². The lowest BCUT2D eigenvalue weighted by Gasteiger charge is -2.17. The van der Waals surface area contributed by atoms with Crippen LogP contribution in [-0.2, 0) is 13.0 Å². The summed E-state index contributed by atoms with van der Waals surface area (Å²) in [4.78, 5) is 0. The molecule has 5 nitrogen and oxygen atoms in total. The average Bonchev–Trinajstić information content (AvgIpc) is 3.09. The summed E-state index contributed by atoms with van der Waals surface area (Å²) in [6, 6.07) is 4.47. The molecule has 0 saturated carbocycles. The summed E-state index contributed by atoms with van der Waals surface area (Å²) in [6.45, 7) is 9.69. The topological polar surface area (TPSA) is 59.2 Å². The zero-order valence-corrected chi connectivity index (χ0v) is 14.3. The second-order valence-corrected chi connectivity index (χ2v) is 6.19. The monoisotopic (exact) mass is 315 g/mol. The Morgan fingerprint density at radius 2 is 2.30 bits per heavy atom. The molecule has 124 valence electrons. The van der Waals surface area contributed by atoms with Crippen molar-refractivity contribution in [3.63, 3.8) is 0 Å². The van der Waals surface area contributed by atoms with E-state index in [0.29, 0.717) is 6.61 Å². The van der Waals surface area contributed by atoms with Crippen LogP contribution in [0.2, 0.25) is 0 Å². The molecule has 0 amide bonds. The highest BCUT2D eigenvalue weighted by molar-refractivity contribution is 5.48. The molecule has 0 fully saturated rings. The maximum absolute atomic E-state index is 5.88. The molecule has 0 radical (unpaired) electrons. The highest BCUT2D eigenvalue weighted by Crippen LogP contribution is 2.35. The molecule has 2 aromatic rings. The first-order chi connectivity index (χ1) is 11.1. The van der Waals surface area contributed by atoms with Gasteiger partial charge >= 0.3 is 0 Å². The van der Waals surface area contributed by atoms with E-state index in [1.165, 1.54) is 11.1 Å². The number of rotatable bonds is 6. The highest BCUT2D eigenvalue weighted by Gasteiger charge is 2.22. The number of H-pyrrole nitrogens is 1. The molecule has 0 saturated heterocycles. The molecular formula is C18H25N3O2. The normalized spacial score (nSPS) is 17.7. The summed E-state index contributed by atoms with van der Waals surface area (Å²) in [5.41, 5.74) is 4.66. The number of aromatic amines is 1. The summed E-state index contributed by atoms with van der Waals surface area (Å²) in [5.74, 6) is 1.94. The van der Waals surface area contributed by atoms with Crippen LogP contribution in [0, 0.1) is 6.92 Å². The minimum Gasteiger partial charge on any atom is -0.494 e. The van der Waals surface area contributed by atoms with Crippen LogP contribution in [0.25, 0.3) is 0 Å². The van der Waals surface area contributed by atoms with Crippen molar-refractivity contribution in [1.29, 1.82) is 0 Å². The Labute approximate surface area is 137 Å². The largest absolute Gasteiger partial charge is 0.494 e. The second-order valence-electron chi connectivity index (χ2n) is 6.19. The summed E-state index contributed by atoms with van der Waals surface area (Å²) in [7, 11) is 0. The summed E-state index contributed by atoms with van der Waals surface area (Å²) in [6.07, 6.45) is 3.08. The number of aromatic nitrogens is 2. The van der Waals surface area contributed by atoms with Gasteiger partial charge in [0.15, 0.2) is 0 Å². The van der Waals surface area contributed by atoms with Crippen molar-refractivity contribution >= 4 is 0 Å². The van der Waals surface area contributed by atoms with Crippen molar-refractivity contribution in [1.82, 2.24) is 15.5 Å². The Hall–Kier alpha value is -2.01. The van der Waals surface area contributed by atoms with Gasteiger partial charge in [-0.25, -0.2) is 0 Å². The molecular weight excluding hydrogens is 290 g/mol. The van der Waals surface area contributed by atoms with E-state index in [2.05, 4.69) is 41.5 Å². The lowest BCUT2D eigenvalue weighted by atomic mass is 10.1. The van der Waals surface area contributed by atoms with E-state index in [1.54, 1.807) is 0 Å². The summed E-state index contributed by atoms with van der Waals surface area (Å²) in [5, 5.41) is 10.6. The lowest BCUT2D eigenvalue weighted by molar-refractivity contribution is 0.254. The molecule has 2 heterocycles. The molecule has 0 unspecified atom stereocenters. The van der Waals surface area contributed by atoms with Crippen LogP contribution in [0.5, 0.6) is 11.5 Å². The first-order valence-corrected chi connectivity index (χ1v) is 8.27. The van der Waals surface area contributed by atoms with Gasteiger partial charge < -0.3 is 14.8 Å². The van der Waals surface area contributed by atoms with Crippen LogP contribution < -0.4 is 14.8 Å². The van der Waals surface area contributed by atoms with Crippen LogP contribution in [0.1, 0.15) is 49.2 Å². The van der Waals surface area contributed by atoms with Gasteiger partial charge in [-0.05, 0) is 39.8 Å². The summed E-state index contributed by atoms with van der Waals surface area (Å²) >= 11 is 0. The van der Waals surface area contributed by atoms with E-state index in [4.69, 9.17) is 9.47 Å². The molecule has 23 heavy (non-hydrogen) atoms. The Bertz CT molecular complexity index is 681. The SMILES string of the molecule is CCOc1cc2c(cc1CN[C@@H](C)c1cn[nH]c1C)O[C@@H](C)C2. The standard InChI is InChI=1S/C18H25N3O2/c1-5-22-17-7-14-6-11(2)23-18(14)8-15(17)9-19-12(3)16-10-20-21-13(16)4/h7-8,10-12,19H,5-6,9H2,1-4H3,(H,20,21)/t11-,12-/m0/s1. The molecule has 1 aliphatic rings. The Kier molecular flexibility index (Phi) is 4.57. The van der Waals surface area contributed by atoms with Crippen molar-refractivity contribution in [2.45, 2.75) is 52.8 Å². The lowest BCUT2D eigenvalue weighted by Crippen LogP contribution is -2.19. The molecule has 1 aromatic heterocycles. The van der Waals surface area contributed by atoms with Crippen molar-refractivity contribution in [3.8, 4) is 11.5 Å². The third-order valence-corrected chi connectivity index (χ3v) is 4.31. The van der Waals surface area contributed by atoms with Gasteiger partial charge in [-0.2, -0.15) is 5.10 Å². The molecule has 1 aromatic carbocycles. The van der Waals surface area contributed by atoms with Gasteiger partial charge in [-0.1, -0.05) is 0 Å². The predicted molar refractivity (Wildman–Crippen MR) is 90.0 cm³/mol. The maximum atomic E-state index is 5.88. The van der Waals surface area contributed by atoms with E-state index in [1.807, 2.05) is 20.0 Å². The van der Waals surface area contributed by atoms with E-state index in [-0.39, 0.29) is 12.1 Å². The maximum Gasteiger partial charge on any atom is 0.124 e. The Balaban J connectivity index is 1.76. The fraction of sp³-hybridized carbons (Fsp3) is 0.500. The van der Waals surface area contributed by atoms with E-state index in [0.717, 1.165) is 35.7 Å². The number of fused-ring (bicyclic) bond motifs is 1. The minimum atomic E-state index is 0.219. The third kappa shape index (κ3) is 3.34. The minimum absolute atomic E-state index is 0.219.